The molecule has 0 aliphatic carbocycles. The first-order valence-corrected chi connectivity index (χ1v) is 3.91. The number of amides is 3. The van der Waals surface area contributed by atoms with Gasteiger partial charge in [0.1, 0.15) is 5.54 Å². The van der Waals surface area contributed by atoms with Gasteiger partial charge >= 0.3 is 6.03 Å². The number of hydrogen-bond donors (Lipinski definition) is 2. The van der Waals surface area contributed by atoms with Crippen LogP contribution in [-0.4, -0.2) is 17.5 Å². The van der Waals surface area contributed by atoms with E-state index in [1.165, 1.54) is 0 Å². The van der Waals surface area contributed by atoms with Gasteiger partial charge in [0.25, 0.3) is 5.91 Å². The van der Waals surface area contributed by atoms with E-state index >= 15 is 0 Å². The first-order chi connectivity index (χ1) is 5.27. The SMILES string of the molecule is CC(C)(C)C1(C)NC(=O)NC1=O. The van der Waals surface area contributed by atoms with Crippen molar-refractivity contribution in [3.63, 3.8) is 0 Å². The predicted octanol–water partition coefficient (Wildman–Crippen LogP) is 0.631. The van der Waals surface area contributed by atoms with Crippen molar-refractivity contribution in [1.29, 1.82) is 0 Å². The van der Waals surface area contributed by atoms with Crippen molar-refractivity contribution in [1.82, 2.24) is 10.6 Å². The molecule has 0 aromatic heterocycles. The van der Waals surface area contributed by atoms with Gasteiger partial charge in [-0.1, -0.05) is 20.8 Å². The van der Waals surface area contributed by atoms with Crippen molar-refractivity contribution >= 4 is 11.9 Å². The molecule has 1 rings (SSSR count). The Bertz CT molecular complexity index is 242. The van der Waals surface area contributed by atoms with E-state index in [1.807, 2.05) is 20.8 Å². The molecule has 0 bridgehead atoms. The molecule has 0 spiro atoms. The van der Waals surface area contributed by atoms with Crippen LogP contribution in [0.4, 0.5) is 4.79 Å². The zero-order valence-electron chi connectivity index (χ0n) is 7.82. The summed E-state index contributed by atoms with van der Waals surface area (Å²) in [5.41, 5.74) is -1.06. The molecule has 12 heavy (non-hydrogen) atoms. The molecule has 68 valence electrons. The number of imide groups is 1. The minimum Gasteiger partial charge on any atom is -0.323 e. The smallest absolute Gasteiger partial charge is 0.322 e. The quantitative estimate of drug-likeness (QED) is 0.524. The Morgan fingerprint density at radius 3 is 1.92 bits per heavy atom. The summed E-state index contributed by atoms with van der Waals surface area (Å²) in [6.07, 6.45) is 0. The fourth-order valence-electron chi connectivity index (χ4n) is 1.07. The molecule has 4 heteroatoms. The largest absolute Gasteiger partial charge is 0.323 e. The Labute approximate surface area is 71.7 Å². The van der Waals surface area contributed by atoms with Crippen LogP contribution in [0.5, 0.6) is 0 Å². The highest BCUT2D eigenvalue weighted by molar-refractivity contribution is 6.07. The summed E-state index contributed by atoms with van der Waals surface area (Å²) in [5, 5.41) is 4.85. The highest BCUT2D eigenvalue weighted by Gasteiger charge is 2.50. The van der Waals surface area contributed by atoms with Crippen LogP contribution in [0.1, 0.15) is 27.7 Å². The Balaban J connectivity index is 3.00. The molecule has 3 amide bonds. The molecule has 1 aliphatic rings. The average Bonchev–Trinajstić information content (AvgIpc) is 2.06. The third kappa shape index (κ3) is 1.07. The van der Waals surface area contributed by atoms with Gasteiger partial charge in [0, 0.05) is 0 Å². The van der Waals surface area contributed by atoms with Gasteiger partial charge in [0.2, 0.25) is 0 Å². The maximum absolute atomic E-state index is 11.4. The minimum absolute atomic E-state index is 0.250. The molecule has 0 aromatic carbocycles. The van der Waals surface area contributed by atoms with Crippen LogP contribution in [0.2, 0.25) is 0 Å². The summed E-state index contributed by atoms with van der Waals surface area (Å²) < 4.78 is 0. The molecule has 1 unspecified atom stereocenters. The van der Waals surface area contributed by atoms with Crippen molar-refractivity contribution < 1.29 is 9.59 Å². The highest BCUT2D eigenvalue weighted by Crippen LogP contribution is 2.31. The number of urea groups is 1. The number of nitrogens with one attached hydrogen (secondary N) is 2. The average molecular weight is 170 g/mol. The normalized spacial score (nSPS) is 30.0. The molecule has 4 nitrogen and oxygen atoms in total. The monoisotopic (exact) mass is 170 g/mol. The molecule has 1 saturated heterocycles. The first-order valence-electron chi connectivity index (χ1n) is 3.91. The maximum Gasteiger partial charge on any atom is 0.322 e. The van der Waals surface area contributed by atoms with E-state index in [0.717, 1.165) is 0 Å². The number of carbonyl (C=O) groups is 2. The van der Waals surface area contributed by atoms with Gasteiger partial charge in [-0.2, -0.15) is 0 Å². The summed E-state index contributed by atoms with van der Waals surface area (Å²) in [4.78, 5) is 22.2. The second kappa shape index (κ2) is 2.21. The van der Waals surface area contributed by atoms with Gasteiger partial charge in [-0.05, 0) is 12.3 Å². The van der Waals surface area contributed by atoms with E-state index in [2.05, 4.69) is 10.6 Å². The molecular formula is C8H14N2O2. The van der Waals surface area contributed by atoms with Crippen LogP contribution < -0.4 is 10.6 Å². The van der Waals surface area contributed by atoms with E-state index < -0.39 is 11.6 Å². The van der Waals surface area contributed by atoms with Gasteiger partial charge in [0.15, 0.2) is 0 Å². The summed E-state index contributed by atoms with van der Waals surface area (Å²) in [6.45, 7) is 7.47. The summed E-state index contributed by atoms with van der Waals surface area (Å²) in [7, 11) is 0. The molecule has 1 heterocycles. The lowest BCUT2D eigenvalue weighted by Crippen LogP contribution is -2.54. The first kappa shape index (κ1) is 9.03. The zero-order chi connectivity index (χ0) is 9.57. The number of carbonyl (C=O) groups excluding carboxylic acids is 2. The van der Waals surface area contributed by atoms with Gasteiger partial charge in [-0.3, -0.25) is 10.1 Å². The van der Waals surface area contributed by atoms with Crippen molar-refractivity contribution in [2.24, 2.45) is 5.41 Å². The van der Waals surface area contributed by atoms with Crippen LogP contribution >= 0.6 is 0 Å². The predicted molar refractivity (Wildman–Crippen MR) is 44.5 cm³/mol. The number of hydrogen-bond acceptors (Lipinski definition) is 2. The van der Waals surface area contributed by atoms with E-state index in [9.17, 15) is 9.59 Å². The van der Waals surface area contributed by atoms with Crippen molar-refractivity contribution in [3.05, 3.63) is 0 Å². The molecule has 1 atom stereocenters. The second-order valence-corrected chi connectivity index (χ2v) is 4.28. The molecular weight excluding hydrogens is 156 g/mol. The van der Waals surface area contributed by atoms with Crippen LogP contribution in [0, 0.1) is 5.41 Å². The van der Waals surface area contributed by atoms with Crippen LogP contribution in [-0.2, 0) is 4.79 Å². The van der Waals surface area contributed by atoms with E-state index in [1.54, 1.807) is 6.92 Å². The summed E-state index contributed by atoms with van der Waals surface area (Å²) in [5.74, 6) is -0.250. The highest BCUT2D eigenvalue weighted by atomic mass is 16.2. The number of rotatable bonds is 0. The van der Waals surface area contributed by atoms with Gasteiger partial charge in [-0.15, -0.1) is 0 Å². The molecule has 1 aliphatic heterocycles. The Kier molecular flexibility index (Phi) is 1.67. The Morgan fingerprint density at radius 2 is 1.75 bits per heavy atom. The van der Waals surface area contributed by atoms with Gasteiger partial charge < -0.3 is 5.32 Å². The lowest BCUT2D eigenvalue weighted by Gasteiger charge is -2.35. The molecule has 2 N–H and O–H groups in total. The third-order valence-corrected chi connectivity index (χ3v) is 2.54. The standard InChI is InChI=1S/C8H14N2O2/c1-7(2,3)8(4)5(11)9-6(12)10-8/h1-4H3,(H2,9,10,11,12). The van der Waals surface area contributed by atoms with Gasteiger partial charge in [0.05, 0.1) is 0 Å². The third-order valence-electron chi connectivity index (χ3n) is 2.54. The summed E-state index contributed by atoms with van der Waals surface area (Å²) in [6, 6.07) is -0.405. The zero-order valence-corrected chi connectivity index (χ0v) is 7.82. The van der Waals surface area contributed by atoms with E-state index in [0.29, 0.717) is 0 Å². The van der Waals surface area contributed by atoms with Crippen molar-refractivity contribution in [2.45, 2.75) is 33.2 Å². The molecule has 0 radical (unpaired) electrons. The molecule has 0 saturated carbocycles. The molecule has 0 aromatic rings. The van der Waals surface area contributed by atoms with Gasteiger partial charge in [-0.25, -0.2) is 4.79 Å². The van der Waals surface area contributed by atoms with E-state index in [-0.39, 0.29) is 11.3 Å². The van der Waals surface area contributed by atoms with Crippen molar-refractivity contribution in [3.8, 4) is 0 Å². The Hall–Kier alpha value is -1.06. The van der Waals surface area contributed by atoms with Crippen LogP contribution in [0.15, 0.2) is 0 Å². The van der Waals surface area contributed by atoms with Crippen LogP contribution in [0.3, 0.4) is 0 Å². The van der Waals surface area contributed by atoms with E-state index in [4.69, 9.17) is 0 Å². The minimum atomic E-state index is -0.788. The second-order valence-electron chi connectivity index (χ2n) is 4.28. The maximum atomic E-state index is 11.4. The fraction of sp³-hybridized carbons (Fsp3) is 0.750. The fourth-order valence-corrected chi connectivity index (χ4v) is 1.07. The van der Waals surface area contributed by atoms with Crippen LogP contribution in [0.25, 0.3) is 0 Å². The molecule has 1 fully saturated rings. The van der Waals surface area contributed by atoms with Crippen molar-refractivity contribution in [2.75, 3.05) is 0 Å². The lowest BCUT2D eigenvalue weighted by molar-refractivity contribution is -0.126. The topological polar surface area (TPSA) is 58.2 Å². The summed E-state index contributed by atoms with van der Waals surface area (Å²) >= 11 is 0. The lowest BCUT2D eigenvalue weighted by atomic mass is 9.75. The Morgan fingerprint density at radius 1 is 1.25 bits per heavy atom.